The minimum absolute atomic E-state index is 0.205. The van der Waals surface area contributed by atoms with Crippen LogP contribution in [0.3, 0.4) is 0 Å². The van der Waals surface area contributed by atoms with E-state index in [0.29, 0.717) is 17.1 Å². The number of hydrogen-bond donors (Lipinski definition) is 1. The van der Waals surface area contributed by atoms with E-state index in [1.807, 2.05) is 54.6 Å². The van der Waals surface area contributed by atoms with Crippen LogP contribution in [0.4, 0.5) is 5.69 Å². The van der Waals surface area contributed by atoms with Crippen LogP contribution in [0.1, 0.15) is 27.0 Å². The number of anilines is 1. The Morgan fingerprint density at radius 2 is 1.50 bits per heavy atom. The molecule has 0 spiro atoms. The molecule has 1 heterocycles. The number of nitrogens with one attached hydrogen (secondary N) is 1. The largest absolute Gasteiger partial charge is 0.493 e. The van der Waals surface area contributed by atoms with Gasteiger partial charge in [0.25, 0.3) is 5.91 Å². The van der Waals surface area contributed by atoms with Crippen molar-refractivity contribution in [3.8, 4) is 23.0 Å². The molecular formula is C32H32N2O4. The molecule has 4 aromatic rings. The van der Waals surface area contributed by atoms with Gasteiger partial charge in [0.1, 0.15) is 11.5 Å². The van der Waals surface area contributed by atoms with Crippen LogP contribution in [0.15, 0.2) is 91.0 Å². The van der Waals surface area contributed by atoms with E-state index in [-0.39, 0.29) is 5.91 Å². The zero-order chi connectivity index (χ0) is 26.3. The van der Waals surface area contributed by atoms with Crippen LogP contribution in [0.25, 0.3) is 0 Å². The van der Waals surface area contributed by atoms with E-state index in [2.05, 4.69) is 34.5 Å². The number of fused-ring (bicyclic) bond motifs is 1. The summed E-state index contributed by atoms with van der Waals surface area (Å²) in [4.78, 5) is 15.5. The minimum Gasteiger partial charge on any atom is -0.493 e. The highest BCUT2D eigenvalue weighted by Crippen LogP contribution is 2.33. The summed E-state index contributed by atoms with van der Waals surface area (Å²) in [6, 6.07) is 29.0. The summed E-state index contributed by atoms with van der Waals surface area (Å²) < 4.78 is 16.9. The number of benzene rings is 4. The predicted molar refractivity (Wildman–Crippen MR) is 150 cm³/mol. The molecule has 1 aliphatic heterocycles. The summed E-state index contributed by atoms with van der Waals surface area (Å²) in [6.07, 6.45) is 1.93. The molecule has 0 fully saturated rings. The Morgan fingerprint density at radius 1 is 0.816 bits per heavy atom. The van der Waals surface area contributed by atoms with Gasteiger partial charge in [-0.2, -0.15) is 0 Å². The summed E-state index contributed by atoms with van der Waals surface area (Å²) in [6.45, 7) is 2.87. The van der Waals surface area contributed by atoms with Gasteiger partial charge in [-0.25, -0.2) is 0 Å². The third-order valence-corrected chi connectivity index (χ3v) is 6.83. The Bertz CT molecular complexity index is 1390. The van der Waals surface area contributed by atoms with Crippen LogP contribution >= 0.6 is 0 Å². The second-order valence-electron chi connectivity index (χ2n) is 9.31. The van der Waals surface area contributed by atoms with Gasteiger partial charge in [0.05, 0.1) is 19.8 Å². The monoisotopic (exact) mass is 508 g/mol. The Morgan fingerprint density at radius 3 is 2.24 bits per heavy atom. The number of ether oxygens (including phenoxy) is 3. The summed E-state index contributed by atoms with van der Waals surface area (Å²) >= 11 is 0. The van der Waals surface area contributed by atoms with Crippen molar-refractivity contribution < 1.29 is 19.0 Å². The van der Waals surface area contributed by atoms with Crippen molar-refractivity contribution in [2.24, 2.45) is 0 Å². The molecule has 4 aromatic carbocycles. The quantitative estimate of drug-likeness (QED) is 0.286. The van der Waals surface area contributed by atoms with E-state index in [1.165, 1.54) is 16.7 Å². The van der Waals surface area contributed by atoms with Gasteiger partial charge in [0.2, 0.25) is 0 Å². The fourth-order valence-corrected chi connectivity index (χ4v) is 4.73. The number of carbonyl (C=O) groups excluding carboxylic acids is 1. The summed E-state index contributed by atoms with van der Waals surface area (Å²) in [7, 11) is 3.35. The molecule has 194 valence electrons. The lowest BCUT2D eigenvalue weighted by Crippen LogP contribution is -2.32. The van der Waals surface area contributed by atoms with Crippen molar-refractivity contribution in [2.45, 2.75) is 19.4 Å². The molecule has 0 atom stereocenters. The Balaban J connectivity index is 1.17. The van der Waals surface area contributed by atoms with Crippen molar-refractivity contribution in [3.63, 3.8) is 0 Å². The highest BCUT2D eigenvalue weighted by molar-refractivity contribution is 6.06. The number of rotatable bonds is 9. The van der Waals surface area contributed by atoms with E-state index in [0.717, 1.165) is 49.7 Å². The standard InChI is InChI=1S/C32H32N2O4/c1-36-30-20-24-17-19-34(22-25(24)21-31(30)37-2)18-16-23-12-14-26(15-13-23)33-32(35)28-10-6-7-11-29(28)38-27-8-4-3-5-9-27/h3-15,20-21H,16-19,22H2,1-2H3,(H,33,35). The molecule has 0 aromatic heterocycles. The van der Waals surface area contributed by atoms with Gasteiger partial charge in [-0.3, -0.25) is 9.69 Å². The Hall–Kier alpha value is -4.29. The first-order valence-electron chi connectivity index (χ1n) is 12.8. The number of methoxy groups -OCH3 is 2. The van der Waals surface area contributed by atoms with E-state index in [4.69, 9.17) is 14.2 Å². The average Bonchev–Trinajstić information content (AvgIpc) is 2.96. The Kier molecular flexibility index (Phi) is 7.90. The maximum Gasteiger partial charge on any atom is 0.259 e. The van der Waals surface area contributed by atoms with Crippen LogP contribution in [-0.4, -0.2) is 38.1 Å². The molecule has 0 radical (unpaired) electrons. The normalized spacial score (nSPS) is 12.9. The second-order valence-corrected chi connectivity index (χ2v) is 9.31. The fraction of sp³-hybridized carbons (Fsp3) is 0.219. The zero-order valence-electron chi connectivity index (χ0n) is 21.8. The van der Waals surface area contributed by atoms with Crippen molar-refractivity contribution in [3.05, 3.63) is 113 Å². The molecule has 38 heavy (non-hydrogen) atoms. The van der Waals surface area contributed by atoms with Crippen LogP contribution in [0.2, 0.25) is 0 Å². The molecule has 1 aliphatic rings. The third-order valence-electron chi connectivity index (χ3n) is 6.83. The molecule has 6 heteroatoms. The van der Waals surface area contributed by atoms with E-state index in [9.17, 15) is 4.79 Å². The van der Waals surface area contributed by atoms with Gasteiger partial charge in [-0.15, -0.1) is 0 Å². The molecule has 1 N–H and O–H groups in total. The molecule has 0 aliphatic carbocycles. The molecule has 0 bridgehead atoms. The molecule has 1 amide bonds. The van der Waals surface area contributed by atoms with Gasteiger partial charge >= 0.3 is 0 Å². The minimum atomic E-state index is -0.205. The van der Waals surface area contributed by atoms with Crippen molar-refractivity contribution >= 4 is 11.6 Å². The molecule has 6 nitrogen and oxygen atoms in total. The first kappa shape index (κ1) is 25.4. The molecule has 0 saturated carbocycles. The summed E-state index contributed by atoms with van der Waals surface area (Å²) in [5.74, 6) is 2.57. The lowest BCUT2D eigenvalue weighted by molar-refractivity contribution is 0.102. The number of carbonyl (C=O) groups is 1. The van der Waals surface area contributed by atoms with Crippen LogP contribution < -0.4 is 19.5 Å². The Labute approximate surface area is 223 Å². The van der Waals surface area contributed by atoms with E-state index < -0.39 is 0 Å². The van der Waals surface area contributed by atoms with Crippen molar-refractivity contribution in [1.29, 1.82) is 0 Å². The summed E-state index contributed by atoms with van der Waals surface area (Å²) in [5.41, 5.74) is 5.09. The lowest BCUT2D eigenvalue weighted by atomic mass is 9.98. The SMILES string of the molecule is COc1cc2c(cc1OC)CN(CCc1ccc(NC(=O)c3ccccc3Oc3ccccc3)cc1)CC2. The van der Waals surface area contributed by atoms with Crippen LogP contribution in [0.5, 0.6) is 23.0 Å². The molecule has 0 saturated heterocycles. The van der Waals surface area contributed by atoms with Crippen molar-refractivity contribution in [2.75, 3.05) is 32.6 Å². The maximum absolute atomic E-state index is 13.0. The highest BCUT2D eigenvalue weighted by atomic mass is 16.5. The molecule has 5 rings (SSSR count). The van der Waals surface area contributed by atoms with Gasteiger partial charge in [0, 0.05) is 25.3 Å². The first-order chi connectivity index (χ1) is 18.6. The molecule has 0 unspecified atom stereocenters. The van der Waals surface area contributed by atoms with E-state index >= 15 is 0 Å². The summed E-state index contributed by atoms with van der Waals surface area (Å²) in [5, 5.41) is 3.00. The number of hydrogen-bond acceptors (Lipinski definition) is 5. The average molecular weight is 509 g/mol. The van der Waals surface area contributed by atoms with Crippen LogP contribution in [0, 0.1) is 0 Å². The predicted octanol–water partition coefficient (Wildman–Crippen LogP) is 6.35. The lowest BCUT2D eigenvalue weighted by Gasteiger charge is -2.29. The van der Waals surface area contributed by atoms with Gasteiger partial charge in [-0.05, 0) is 78.1 Å². The van der Waals surface area contributed by atoms with Gasteiger partial charge in [0.15, 0.2) is 11.5 Å². The highest BCUT2D eigenvalue weighted by Gasteiger charge is 2.19. The zero-order valence-corrected chi connectivity index (χ0v) is 21.8. The van der Waals surface area contributed by atoms with Gasteiger partial charge < -0.3 is 19.5 Å². The topological polar surface area (TPSA) is 60.0 Å². The molecular weight excluding hydrogens is 476 g/mol. The number of nitrogens with zero attached hydrogens (tertiary/aromatic N) is 1. The van der Waals surface area contributed by atoms with Gasteiger partial charge in [-0.1, -0.05) is 42.5 Å². The smallest absolute Gasteiger partial charge is 0.259 e. The van der Waals surface area contributed by atoms with Crippen molar-refractivity contribution in [1.82, 2.24) is 4.90 Å². The number of para-hydroxylation sites is 2. The second kappa shape index (κ2) is 11.8. The third kappa shape index (κ3) is 5.98. The van der Waals surface area contributed by atoms with E-state index in [1.54, 1.807) is 26.4 Å². The first-order valence-corrected chi connectivity index (χ1v) is 12.8. The fourth-order valence-electron chi connectivity index (χ4n) is 4.73. The van der Waals surface area contributed by atoms with Crippen LogP contribution in [-0.2, 0) is 19.4 Å². The number of amides is 1. The maximum atomic E-state index is 13.0.